The lowest BCUT2D eigenvalue weighted by Crippen LogP contribution is -2.44. The summed E-state index contributed by atoms with van der Waals surface area (Å²) in [6.07, 6.45) is 4.77. The third kappa shape index (κ3) is 5.22. The van der Waals surface area contributed by atoms with E-state index >= 15 is 0 Å². The Morgan fingerprint density at radius 3 is 2.61 bits per heavy atom. The number of carbonyl (C=O) groups is 4. The molecule has 2 heterocycles. The molecule has 1 aromatic carbocycles. The lowest BCUT2D eigenvalue weighted by atomic mass is 9.98. The number of thiazole rings is 1. The van der Waals surface area contributed by atoms with Crippen LogP contribution in [0, 0.1) is 0 Å². The van der Waals surface area contributed by atoms with Crippen LogP contribution in [0.15, 0.2) is 29.6 Å². The van der Waals surface area contributed by atoms with Gasteiger partial charge in [-0.2, -0.15) is 0 Å². The number of hydrogen-bond acceptors (Lipinski definition) is 6. The van der Waals surface area contributed by atoms with Gasteiger partial charge >= 0.3 is 6.03 Å². The van der Waals surface area contributed by atoms with E-state index in [-0.39, 0.29) is 18.4 Å². The summed E-state index contributed by atoms with van der Waals surface area (Å²) in [7, 11) is 0. The van der Waals surface area contributed by atoms with E-state index in [2.05, 4.69) is 20.9 Å². The third-order valence-electron chi connectivity index (χ3n) is 6.02. The number of nitrogens with one attached hydrogen (secondary N) is 3. The highest BCUT2D eigenvalue weighted by Crippen LogP contribution is 2.35. The van der Waals surface area contributed by atoms with E-state index in [0.717, 1.165) is 41.8 Å². The zero-order valence-corrected chi connectivity index (χ0v) is 19.3. The minimum absolute atomic E-state index is 0.0233. The van der Waals surface area contributed by atoms with Gasteiger partial charge in [-0.25, -0.2) is 9.78 Å². The molecular formula is C23H27N5O4S. The van der Waals surface area contributed by atoms with Crippen molar-refractivity contribution in [3.05, 3.63) is 35.2 Å². The average molecular weight is 470 g/mol. The van der Waals surface area contributed by atoms with Gasteiger partial charge in [-0.05, 0) is 31.2 Å². The fraction of sp³-hybridized carbons (Fsp3) is 0.435. The molecule has 5 amide bonds. The van der Waals surface area contributed by atoms with Gasteiger partial charge in [0.2, 0.25) is 11.8 Å². The van der Waals surface area contributed by atoms with Gasteiger partial charge in [0.1, 0.15) is 12.1 Å². The number of benzene rings is 1. The second-order valence-corrected chi connectivity index (χ2v) is 9.34. The van der Waals surface area contributed by atoms with Crippen molar-refractivity contribution >= 4 is 40.2 Å². The number of carbonyl (C=O) groups excluding carboxylic acids is 4. The molecule has 2 aromatic rings. The van der Waals surface area contributed by atoms with Crippen LogP contribution in [0.25, 0.3) is 11.3 Å². The number of rotatable bonds is 8. The molecule has 2 fully saturated rings. The van der Waals surface area contributed by atoms with E-state index in [1.165, 1.54) is 23.8 Å². The quantitative estimate of drug-likeness (QED) is 0.406. The minimum atomic E-state index is -0.818. The number of hydrogen-bond donors (Lipinski definition) is 3. The molecule has 1 aliphatic heterocycles. The zero-order valence-electron chi connectivity index (χ0n) is 18.5. The molecule has 1 saturated heterocycles. The molecule has 3 N–H and O–H groups in total. The van der Waals surface area contributed by atoms with Gasteiger partial charge in [0.15, 0.2) is 5.13 Å². The zero-order chi connectivity index (χ0) is 23.4. The van der Waals surface area contributed by atoms with Crippen LogP contribution in [0.1, 0.15) is 44.6 Å². The number of anilines is 1. The number of imide groups is 1. The van der Waals surface area contributed by atoms with Crippen LogP contribution >= 0.6 is 11.3 Å². The van der Waals surface area contributed by atoms with Crippen molar-refractivity contribution in [2.45, 2.75) is 51.0 Å². The van der Waals surface area contributed by atoms with Crippen LogP contribution in [0.4, 0.5) is 9.93 Å². The number of aromatic nitrogens is 1. The Balaban J connectivity index is 1.30. The first kappa shape index (κ1) is 22.9. The summed E-state index contributed by atoms with van der Waals surface area (Å²) in [5.41, 5.74) is 2.01. The third-order valence-corrected chi connectivity index (χ3v) is 6.78. The lowest BCUT2D eigenvalue weighted by Gasteiger charge is -2.19. The van der Waals surface area contributed by atoms with Crippen LogP contribution in [0.3, 0.4) is 0 Å². The van der Waals surface area contributed by atoms with Gasteiger partial charge in [0, 0.05) is 24.4 Å². The summed E-state index contributed by atoms with van der Waals surface area (Å²) < 4.78 is 0. The van der Waals surface area contributed by atoms with Gasteiger partial charge in [-0.3, -0.25) is 19.3 Å². The highest BCUT2D eigenvalue weighted by atomic mass is 32.1. The molecule has 4 rings (SSSR count). The largest absolute Gasteiger partial charge is 0.356 e. The molecule has 1 aromatic heterocycles. The topological polar surface area (TPSA) is 121 Å². The molecule has 0 bridgehead atoms. The molecule has 0 unspecified atom stereocenters. The summed E-state index contributed by atoms with van der Waals surface area (Å²) >= 11 is 1.29. The maximum absolute atomic E-state index is 12.7. The standard InChI is InChI=1S/C23H27N5O4S/c1-15(29)24-12-4-5-16-6-8-17(9-7-16)18-14-33-21(25-18)26-19(30)13-28-20(31)23(27-22(28)32)10-2-3-11-23/h6-9,14H,2-5,10-13H2,1H3,(H,24,29)(H,27,32)(H,25,26,30). The summed E-state index contributed by atoms with van der Waals surface area (Å²) in [6.45, 7) is 1.83. The number of aryl methyl sites for hydroxylation is 1. The molecular weight excluding hydrogens is 442 g/mol. The van der Waals surface area contributed by atoms with Crippen molar-refractivity contribution in [3.8, 4) is 11.3 Å². The summed E-state index contributed by atoms with van der Waals surface area (Å²) in [6, 6.07) is 7.49. The van der Waals surface area contributed by atoms with E-state index in [1.54, 1.807) is 0 Å². The van der Waals surface area contributed by atoms with E-state index in [0.29, 0.717) is 24.5 Å². The molecule has 9 nitrogen and oxygen atoms in total. The molecule has 1 aliphatic carbocycles. The first-order valence-electron chi connectivity index (χ1n) is 11.1. The van der Waals surface area contributed by atoms with Crippen LogP contribution in [0.2, 0.25) is 0 Å². The van der Waals surface area contributed by atoms with Crippen LogP contribution < -0.4 is 16.0 Å². The Morgan fingerprint density at radius 2 is 1.91 bits per heavy atom. The van der Waals surface area contributed by atoms with Crippen molar-refractivity contribution in [2.24, 2.45) is 0 Å². The first-order chi connectivity index (χ1) is 15.9. The fourth-order valence-electron chi connectivity index (χ4n) is 4.30. The van der Waals surface area contributed by atoms with Crippen molar-refractivity contribution in [1.82, 2.24) is 20.5 Å². The van der Waals surface area contributed by atoms with Crippen molar-refractivity contribution in [2.75, 3.05) is 18.4 Å². The van der Waals surface area contributed by atoms with Crippen LogP contribution in [-0.2, 0) is 20.8 Å². The van der Waals surface area contributed by atoms with Crippen molar-refractivity contribution < 1.29 is 19.2 Å². The van der Waals surface area contributed by atoms with Gasteiger partial charge in [0.05, 0.1) is 5.69 Å². The number of urea groups is 1. The Labute approximate surface area is 196 Å². The number of nitrogens with zero attached hydrogens (tertiary/aromatic N) is 2. The Morgan fingerprint density at radius 1 is 1.18 bits per heavy atom. The molecule has 10 heteroatoms. The van der Waals surface area contributed by atoms with E-state index in [4.69, 9.17) is 0 Å². The Kier molecular flexibility index (Phi) is 6.73. The van der Waals surface area contributed by atoms with Gasteiger partial charge in [-0.1, -0.05) is 37.1 Å². The average Bonchev–Trinajstić information content (AvgIpc) is 3.49. The van der Waals surface area contributed by atoms with E-state index in [9.17, 15) is 19.2 Å². The Hall–Kier alpha value is -3.27. The molecule has 2 aliphatic rings. The van der Waals surface area contributed by atoms with Gasteiger partial charge in [0.25, 0.3) is 5.91 Å². The van der Waals surface area contributed by atoms with Crippen molar-refractivity contribution in [3.63, 3.8) is 0 Å². The second kappa shape index (κ2) is 9.70. The first-order valence-corrected chi connectivity index (χ1v) is 12.0. The highest BCUT2D eigenvalue weighted by Gasteiger charge is 2.52. The highest BCUT2D eigenvalue weighted by molar-refractivity contribution is 7.14. The molecule has 33 heavy (non-hydrogen) atoms. The monoisotopic (exact) mass is 469 g/mol. The maximum atomic E-state index is 12.7. The predicted molar refractivity (Wildman–Crippen MR) is 125 cm³/mol. The van der Waals surface area contributed by atoms with Crippen LogP contribution in [0.5, 0.6) is 0 Å². The summed E-state index contributed by atoms with van der Waals surface area (Å²) in [4.78, 5) is 53.8. The van der Waals surface area contributed by atoms with E-state index < -0.39 is 17.5 Å². The van der Waals surface area contributed by atoms with Gasteiger partial charge < -0.3 is 16.0 Å². The van der Waals surface area contributed by atoms with Crippen LogP contribution in [-0.4, -0.2) is 52.3 Å². The number of amides is 5. The molecule has 174 valence electrons. The van der Waals surface area contributed by atoms with E-state index in [1.807, 2.05) is 29.6 Å². The summed E-state index contributed by atoms with van der Waals surface area (Å²) in [5.74, 6) is -0.786. The van der Waals surface area contributed by atoms with Crippen molar-refractivity contribution in [1.29, 1.82) is 0 Å². The molecule has 0 radical (unpaired) electrons. The maximum Gasteiger partial charge on any atom is 0.325 e. The Bertz CT molecular complexity index is 1060. The smallest absolute Gasteiger partial charge is 0.325 e. The molecule has 1 spiro atoms. The predicted octanol–water partition coefficient (Wildman–Crippen LogP) is 2.68. The molecule has 0 atom stereocenters. The summed E-state index contributed by atoms with van der Waals surface area (Å²) in [5, 5.41) is 10.5. The van der Waals surface area contributed by atoms with Gasteiger partial charge in [-0.15, -0.1) is 11.3 Å². The molecule has 1 saturated carbocycles. The fourth-order valence-corrected chi connectivity index (χ4v) is 5.04. The normalized spacial score (nSPS) is 16.8. The SMILES string of the molecule is CC(=O)NCCCc1ccc(-c2csc(NC(=O)CN3C(=O)NC4(CCCC4)C3=O)n2)cc1. The second-order valence-electron chi connectivity index (χ2n) is 8.48. The lowest BCUT2D eigenvalue weighted by molar-refractivity contribution is -0.133. The minimum Gasteiger partial charge on any atom is -0.356 e.